The number of carbonyl (C=O) groups excluding carboxylic acids is 2. The molecule has 2 aliphatic rings. The van der Waals surface area contributed by atoms with Gasteiger partial charge in [-0.15, -0.1) is 0 Å². The molecule has 3 heterocycles. The van der Waals surface area contributed by atoms with Gasteiger partial charge in [0.1, 0.15) is 0 Å². The van der Waals surface area contributed by atoms with E-state index in [1.807, 2.05) is 37.3 Å². The predicted octanol–water partition coefficient (Wildman–Crippen LogP) is 3.82. The van der Waals surface area contributed by atoms with E-state index in [-0.39, 0.29) is 30.4 Å². The fraction of sp³-hybridized carbons (Fsp3) is 0.333. The van der Waals surface area contributed by atoms with Gasteiger partial charge in [-0.05, 0) is 51.1 Å². The molecule has 2 aliphatic heterocycles. The summed E-state index contributed by atoms with van der Waals surface area (Å²) in [6.07, 6.45) is 3.25. The molecule has 1 amide bonds. The Bertz CT molecular complexity index is 1130. The zero-order valence-corrected chi connectivity index (χ0v) is 17.4. The number of Topliss-reactive ketones (excluding diaryl/α,β-unsaturated/α-hetero) is 1. The molecule has 3 aromatic rings. The first-order valence-corrected chi connectivity index (χ1v) is 10.6. The molecular weight excluding hydrogens is 394 g/mol. The molecule has 31 heavy (non-hydrogen) atoms. The number of nitrogens with one attached hydrogen (secondary N) is 2. The number of para-hydroxylation sites is 1. The van der Waals surface area contributed by atoms with Gasteiger partial charge in [0.2, 0.25) is 12.7 Å². The van der Waals surface area contributed by atoms with Crippen LogP contribution in [0.2, 0.25) is 0 Å². The van der Waals surface area contributed by atoms with Crippen molar-refractivity contribution in [3.63, 3.8) is 0 Å². The summed E-state index contributed by atoms with van der Waals surface area (Å²) in [5.74, 6) is 1.39. The van der Waals surface area contributed by atoms with Gasteiger partial charge >= 0.3 is 0 Å². The van der Waals surface area contributed by atoms with Gasteiger partial charge in [0.15, 0.2) is 17.3 Å². The van der Waals surface area contributed by atoms with Gasteiger partial charge in [0, 0.05) is 40.3 Å². The minimum Gasteiger partial charge on any atom is -0.454 e. The first kappa shape index (κ1) is 19.6. The second kappa shape index (κ2) is 8.07. The lowest BCUT2D eigenvalue weighted by atomic mass is 9.93. The number of ketones is 1. The molecule has 0 bridgehead atoms. The Morgan fingerprint density at radius 1 is 1.10 bits per heavy atom. The van der Waals surface area contributed by atoms with Crippen molar-refractivity contribution in [2.45, 2.75) is 25.8 Å². The second-order valence-corrected chi connectivity index (χ2v) is 8.16. The summed E-state index contributed by atoms with van der Waals surface area (Å²) in [5.41, 5.74) is 2.40. The highest BCUT2D eigenvalue weighted by Gasteiger charge is 2.31. The zero-order valence-electron chi connectivity index (χ0n) is 17.4. The van der Waals surface area contributed by atoms with Gasteiger partial charge in [0.25, 0.3) is 0 Å². The van der Waals surface area contributed by atoms with Crippen LogP contribution in [0.3, 0.4) is 0 Å². The van der Waals surface area contributed by atoms with Gasteiger partial charge < -0.3 is 19.8 Å². The molecule has 1 aromatic heterocycles. The van der Waals surface area contributed by atoms with E-state index in [1.165, 1.54) is 0 Å². The Morgan fingerprint density at radius 3 is 2.71 bits per heavy atom. The molecule has 0 aliphatic carbocycles. The number of nitrogens with zero attached hydrogens (tertiary/aromatic N) is 1. The Labute approximate surface area is 180 Å². The van der Waals surface area contributed by atoms with Crippen LogP contribution in [0.25, 0.3) is 10.9 Å². The molecule has 2 N–H and O–H groups in total. The number of likely N-dealkylation sites (tertiary alicyclic amines) is 1. The Hall–Kier alpha value is -3.32. The largest absolute Gasteiger partial charge is 0.454 e. The molecule has 0 radical (unpaired) electrons. The number of aromatic nitrogens is 1. The Kier molecular flexibility index (Phi) is 5.11. The number of amides is 1. The lowest BCUT2D eigenvalue weighted by molar-refractivity contribution is -0.121. The van der Waals surface area contributed by atoms with Gasteiger partial charge in [-0.1, -0.05) is 18.2 Å². The summed E-state index contributed by atoms with van der Waals surface area (Å²) in [6.45, 7) is 3.60. The van der Waals surface area contributed by atoms with E-state index < -0.39 is 0 Å². The zero-order chi connectivity index (χ0) is 21.4. The van der Waals surface area contributed by atoms with Crippen molar-refractivity contribution >= 4 is 28.3 Å². The van der Waals surface area contributed by atoms with E-state index in [1.54, 1.807) is 18.3 Å². The van der Waals surface area contributed by atoms with E-state index in [0.29, 0.717) is 30.3 Å². The summed E-state index contributed by atoms with van der Waals surface area (Å²) >= 11 is 0. The number of fused-ring (bicyclic) bond motifs is 2. The number of H-pyrrole nitrogens is 1. The topological polar surface area (TPSA) is 83.7 Å². The number of carbonyl (C=O) groups is 2. The number of hydrogen-bond donors (Lipinski definition) is 2. The average Bonchev–Trinajstić information content (AvgIpc) is 3.45. The lowest BCUT2D eigenvalue weighted by Gasteiger charge is -2.34. The number of benzene rings is 2. The third-order valence-corrected chi connectivity index (χ3v) is 6.32. The van der Waals surface area contributed by atoms with Crippen molar-refractivity contribution in [3.8, 4) is 11.5 Å². The molecule has 1 fully saturated rings. The quantitative estimate of drug-likeness (QED) is 0.615. The summed E-state index contributed by atoms with van der Waals surface area (Å²) in [6, 6.07) is 13.0. The van der Waals surface area contributed by atoms with Crippen molar-refractivity contribution in [2.75, 3.05) is 25.2 Å². The SMILES string of the molecule is CC(C(=O)c1c[nH]c2ccccc12)N1CCC(C(=O)Nc2ccc3c(c2)OCO3)CC1. The number of aromatic amines is 1. The van der Waals surface area contributed by atoms with Gasteiger partial charge in [-0.2, -0.15) is 0 Å². The van der Waals surface area contributed by atoms with Crippen LogP contribution in [-0.4, -0.2) is 47.5 Å². The fourth-order valence-corrected chi connectivity index (χ4v) is 4.43. The standard InChI is InChI=1S/C24H25N3O4/c1-15(23(28)19-13-25-20-5-3-2-4-18(19)20)27-10-8-16(9-11-27)24(29)26-17-6-7-21-22(12-17)31-14-30-21/h2-7,12-13,15-16,25H,8-11,14H2,1H3,(H,26,29). The number of rotatable bonds is 5. The molecule has 1 unspecified atom stereocenters. The minimum absolute atomic E-state index is 0.00845. The summed E-state index contributed by atoms with van der Waals surface area (Å²) < 4.78 is 10.7. The first-order chi connectivity index (χ1) is 15.1. The number of anilines is 1. The highest BCUT2D eigenvalue weighted by atomic mass is 16.7. The minimum atomic E-state index is -0.225. The molecule has 0 saturated carbocycles. The van der Waals surface area contributed by atoms with Crippen LogP contribution >= 0.6 is 0 Å². The average molecular weight is 419 g/mol. The van der Waals surface area contributed by atoms with E-state index in [0.717, 1.165) is 29.3 Å². The van der Waals surface area contributed by atoms with Crippen molar-refractivity contribution < 1.29 is 19.1 Å². The van der Waals surface area contributed by atoms with Crippen LogP contribution in [-0.2, 0) is 4.79 Å². The second-order valence-electron chi connectivity index (χ2n) is 8.16. The third kappa shape index (κ3) is 3.77. The number of piperidine rings is 1. The summed E-state index contributed by atoms with van der Waals surface area (Å²) in [4.78, 5) is 31.2. The molecule has 2 aromatic carbocycles. The predicted molar refractivity (Wildman–Crippen MR) is 118 cm³/mol. The first-order valence-electron chi connectivity index (χ1n) is 10.6. The molecule has 0 spiro atoms. The molecule has 1 atom stereocenters. The monoisotopic (exact) mass is 419 g/mol. The normalized spacial score (nSPS) is 17.6. The number of ether oxygens (including phenoxy) is 2. The molecule has 1 saturated heterocycles. The summed E-state index contributed by atoms with van der Waals surface area (Å²) in [7, 11) is 0. The van der Waals surface area contributed by atoms with Gasteiger partial charge in [0.05, 0.1) is 6.04 Å². The lowest BCUT2D eigenvalue weighted by Crippen LogP contribution is -2.45. The van der Waals surface area contributed by atoms with Crippen LogP contribution in [0, 0.1) is 5.92 Å². The van der Waals surface area contributed by atoms with Gasteiger partial charge in [-0.25, -0.2) is 0 Å². The third-order valence-electron chi connectivity index (χ3n) is 6.32. The Balaban J connectivity index is 1.19. The smallest absolute Gasteiger partial charge is 0.231 e. The van der Waals surface area contributed by atoms with Gasteiger partial charge in [-0.3, -0.25) is 14.5 Å². The molecule has 160 valence electrons. The van der Waals surface area contributed by atoms with Crippen molar-refractivity contribution in [2.24, 2.45) is 5.92 Å². The maximum absolute atomic E-state index is 13.1. The summed E-state index contributed by atoms with van der Waals surface area (Å²) in [5, 5.41) is 3.94. The van der Waals surface area contributed by atoms with Crippen LogP contribution in [0.1, 0.15) is 30.1 Å². The van der Waals surface area contributed by atoms with E-state index >= 15 is 0 Å². The van der Waals surface area contributed by atoms with E-state index in [4.69, 9.17) is 9.47 Å². The molecule has 5 rings (SSSR count). The van der Waals surface area contributed by atoms with Crippen molar-refractivity contribution in [3.05, 3.63) is 54.2 Å². The van der Waals surface area contributed by atoms with E-state index in [9.17, 15) is 9.59 Å². The van der Waals surface area contributed by atoms with Crippen molar-refractivity contribution in [1.82, 2.24) is 9.88 Å². The Morgan fingerprint density at radius 2 is 1.87 bits per heavy atom. The van der Waals surface area contributed by atoms with Crippen molar-refractivity contribution in [1.29, 1.82) is 0 Å². The highest BCUT2D eigenvalue weighted by molar-refractivity contribution is 6.10. The maximum atomic E-state index is 13.1. The van der Waals surface area contributed by atoms with Crippen LogP contribution in [0.4, 0.5) is 5.69 Å². The molecule has 7 nitrogen and oxygen atoms in total. The number of hydrogen-bond acceptors (Lipinski definition) is 5. The molecular formula is C24H25N3O4. The fourth-order valence-electron chi connectivity index (χ4n) is 4.43. The van der Waals surface area contributed by atoms with Crippen LogP contribution in [0.15, 0.2) is 48.7 Å². The highest BCUT2D eigenvalue weighted by Crippen LogP contribution is 2.34. The van der Waals surface area contributed by atoms with E-state index in [2.05, 4.69) is 15.2 Å². The van der Waals surface area contributed by atoms with Crippen LogP contribution in [0.5, 0.6) is 11.5 Å². The van der Waals surface area contributed by atoms with Crippen LogP contribution < -0.4 is 14.8 Å². The molecule has 7 heteroatoms. The maximum Gasteiger partial charge on any atom is 0.231 e.